The highest BCUT2D eigenvalue weighted by Crippen LogP contribution is 2.33. The van der Waals surface area contributed by atoms with E-state index >= 15 is 0 Å². The molecule has 0 aromatic heterocycles. The van der Waals surface area contributed by atoms with E-state index in [1.165, 1.54) is 11.1 Å². The summed E-state index contributed by atoms with van der Waals surface area (Å²) < 4.78 is 0. The molecule has 1 aromatic rings. The van der Waals surface area contributed by atoms with Gasteiger partial charge in [0.2, 0.25) is 5.91 Å². The molecule has 4 unspecified atom stereocenters. The Kier molecular flexibility index (Phi) is 7.62. The van der Waals surface area contributed by atoms with Gasteiger partial charge in [0.15, 0.2) is 0 Å². The molecule has 0 saturated carbocycles. The fourth-order valence-electron chi connectivity index (χ4n) is 3.88. The van der Waals surface area contributed by atoms with Crippen LogP contribution >= 0.6 is 11.8 Å². The number of hydrogen-bond donors (Lipinski definition) is 4. The molecule has 2 aliphatic rings. The molecular weight excluding hydrogens is 374 g/mol. The smallest absolute Gasteiger partial charge is 0.315 e. The van der Waals surface area contributed by atoms with Crippen molar-refractivity contribution >= 4 is 23.7 Å². The third kappa shape index (κ3) is 5.88. The molecule has 28 heavy (non-hydrogen) atoms. The highest BCUT2D eigenvalue weighted by Gasteiger charge is 2.42. The first-order valence-corrected chi connectivity index (χ1v) is 11.2. The van der Waals surface area contributed by atoms with Gasteiger partial charge in [-0.2, -0.15) is 11.8 Å². The van der Waals surface area contributed by atoms with E-state index in [0.29, 0.717) is 18.2 Å². The van der Waals surface area contributed by atoms with Crippen LogP contribution in [-0.2, 0) is 11.2 Å². The zero-order valence-electron chi connectivity index (χ0n) is 16.4. The average molecular weight is 406 g/mol. The van der Waals surface area contributed by atoms with Crippen molar-refractivity contribution in [1.29, 1.82) is 0 Å². The molecule has 2 aliphatic heterocycles. The zero-order chi connectivity index (χ0) is 19.9. The summed E-state index contributed by atoms with van der Waals surface area (Å²) in [6, 6.07) is 8.74. The van der Waals surface area contributed by atoms with Gasteiger partial charge in [0, 0.05) is 36.5 Å². The van der Waals surface area contributed by atoms with E-state index in [4.69, 9.17) is 0 Å². The molecule has 4 atom stereocenters. The Morgan fingerprint density at radius 2 is 2.07 bits per heavy atom. The summed E-state index contributed by atoms with van der Waals surface area (Å²) in [7, 11) is 0. The lowest BCUT2D eigenvalue weighted by Gasteiger charge is -2.17. The molecule has 2 saturated heterocycles. The molecule has 2 fully saturated rings. The number of unbranched alkanes of at least 4 members (excludes halogenated alkanes) is 1. The summed E-state index contributed by atoms with van der Waals surface area (Å²) in [4.78, 5) is 23.5. The number of rotatable bonds is 10. The number of hydrogen-bond acceptors (Lipinski definition) is 4. The molecule has 3 rings (SSSR count). The zero-order valence-corrected chi connectivity index (χ0v) is 17.3. The van der Waals surface area contributed by atoms with Crippen molar-refractivity contribution in [1.82, 2.24) is 16.0 Å². The van der Waals surface area contributed by atoms with E-state index in [0.717, 1.165) is 31.4 Å². The van der Waals surface area contributed by atoms with Gasteiger partial charge in [-0.3, -0.25) is 4.79 Å². The Balaban J connectivity index is 1.29. The van der Waals surface area contributed by atoms with Crippen molar-refractivity contribution in [3.8, 4) is 0 Å². The maximum absolute atomic E-state index is 12.1. The maximum Gasteiger partial charge on any atom is 0.315 e. The van der Waals surface area contributed by atoms with Crippen molar-refractivity contribution in [3.63, 3.8) is 0 Å². The van der Waals surface area contributed by atoms with Crippen LogP contribution in [-0.4, -0.2) is 53.3 Å². The van der Waals surface area contributed by atoms with Crippen LogP contribution in [0.2, 0.25) is 0 Å². The van der Waals surface area contributed by atoms with Crippen molar-refractivity contribution in [2.45, 2.75) is 56.4 Å². The number of aryl methyl sites for hydroxylation is 1. The first-order chi connectivity index (χ1) is 13.5. The van der Waals surface area contributed by atoms with E-state index < -0.39 is 0 Å². The largest absolute Gasteiger partial charge is 0.396 e. The Morgan fingerprint density at radius 1 is 1.29 bits per heavy atom. The minimum absolute atomic E-state index is 0.0388. The van der Waals surface area contributed by atoms with E-state index in [9.17, 15) is 14.7 Å². The number of urea groups is 1. The molecule has 0 bridgehead atoms. The number of nitrogens with one attached hydrogen (secondary N) is 3. The van der Waals surface area contributed by atoms with Crippen LogP contribution in [0.4, 0.5) is 4.79 Å². The summed E-state index contributed by atoms with van der Waals surface area (Å²) in [6.07, 6.45) is 4.13. The van der Waals surface area contributed by atoms with Crippen molar-refractivity contribution < 1.29 is 14.7 Å². The number of benzene rings is 1. The van der Waals surface area contributed by atoms with Crippen molar-refractivity contribution in [2.75, 3.05) is 18.9 Å². The Hall–Kier alpha value is -1.73. The summed E-state index contributed by atoms with van der Waals surface area (Å²) in [5.74, 6) is 1.06. The average Bonchev–Trinajstić information content (AvgIpc) is 3.23. The van der Waals surface area contributed by atoms with E-state index in [1.54, 1.807) is 0 Å². The summed E-state index contributed by atoms with van der Waals surface area (Å²) >= 11 is 1.91. The first kappa shape index (κ1) is 21.0. The van der Waals surface area contributed by atoms with Crippen LogP contribution < -0.4 is 16.0 Å². The second kappa shape index (κ2) is 10.2. The van der Waals surface area contributed by atoms with Gasteiger partial charge in [-0.05, 0) is 31.7 Å². The summed E-state index contributed by atoms with van der Waals surface area (Å²) in [6.45, 7) is 2.62. The monoisotopic (exact) mass is 405 g/mol. The molecule has 3 amide bonds. The lowest BCUT2D eigenvalue weighted by atomic mass is 9.99. The molecule has 6 nitrogen and oxygen atoms in total. The van der Waals surface area contributed by atoms with Gasteiger partial charge in [0.25, 0.3) is 0 Å². The van der Waals surface area contributed by atoms with Gasteiger partial charge < -0.3 is 21.1 Å². The molecule has 154 valence electrons. The molecular formula is C21H31N3O3S. The summed E-state index contributed by atoms with van der Waals surface area (Å²) in [5, 5.41) is 19.0. The van der Waals surface area contributed by atoms with Crippen LogP contribution in [0.15, 0.2) is 24.3 Å². The minimum atomic E-state index is -0.0521. The standard InChI is InChI=1S/C21H31N3O3S/c1-14-6-8-15(9-7-14)10-16(12-25)11-22-19(26)5-3-2-4-18-20-17(13-28-18)23-21(27)24-20/h6-9,16-18,20,25H,2-5,10-13H2,1H3,(H,22,26)(H2,23,24,27). The second-order valence-corrected chi connectivity index (χ2v) is 9.18. The van der Waals surface area contributed by atoms with Crippen LogP contribution in [0.5, 0.6) is 0 Å². The predicted octanol–water partition coefficient (Wildman–Crippen LogP) is 1.99. The number of carbonyl (C=O) groups is 2. The van der Waals surface area contributed by atoms with Crippen molar-refractivity contribution in [3.05, 3.63) is 35.4 Å². The third-order valence-corrected chi connectivity index (χ3v) is 7.08. The van der Waals surface area contributed by atoms with Crippen LogP contribution in [0.1, 0.15) is 36.8 Å². The van der Waals surface area contributed by atoms with Crippen LogP contribution in [0, 0.1) is 12.8 Å². The Labute approximate surface area is 171 Å². The number of carbonyl (C=O) groups excluding carboxylic acids is 2. The lowest BCUT2D eigenvalue weighted by Crippen LogP contribution is -2.36. The van der Waals surface area contributed by atoms with Gasteiger partial charge in [-0.25, -0.2) is 4.79 Å². The number of aliphatic hydroxyl groups excluding tert-OH is 1. The molecule has 4 N–H and O–H groups in total. The quantitative estimate of drug-likeness (QED) is 0.354. The topological polar surface area (TPSA) is 90.5 Å². The Morgan fingerprint density at radius 3 is 2.82 bits per heavy atom. The minimum Gasteiger partial charge on any atom is -0.396 e. The van der Waals surface area contributed by atoms with Gasteiger partial charge in [0.1, 0.15) is 0 Å². The fourth-order valence-corrected chi connectivity index (χ4v) is 5.42. The maximum atomic E-state index is 12.1. The second-order valence-electron chi connectivity index (χ2n) is 7.91. The molecule has 2 heterocycles. The Bertz CT molecular complexity index is 667. The van der Waals surface area contributed by atoms with Gasteiger partial charge in [-0.15, -0.1) is 0 Å². The molecule has 1 aromatic carbocycles. The molecule has 7 heteroatoms. The number of thioether (sulfide) groups is 1. The van der Waals surface area contributed by atoms with Gasteiger partial charge in [0.05, 0.1) is 12.1 Å². The number of aliphatic hydroxyl groups is 1. The number of amides is 3. The molecule has 0 spiro atoms. The normalized spacial score (nSPS) is 24.4. The highest BCUT2D eigenvalue weighted by molar-refractivity contribution is 8.00. The lowest BCUT2D eigenvalue weighted by molar-refractivity contribution is -0.121. The van der Waals surface area contributed by atoms with Gasteiger partial charge >= 0.3 is 6.03 Å². The fraction of sp³-hybridized carbons (Fsp3) is 0.619. The van der Waals surface area contributed by atoms with E-state index in [2.05, 4.69) is 47.1 Å². The highest BCUT2D eigenvalue weighted by atomic mass is 32.2. The molecule has 0 radical (unpaired) electrons. The summed E-state index contributed by atoms with van der Waals surface area (Å²) in [5.41, 5.74) is 2.40. The first-order valence-electron chi connectivity index (χ1n) is 10.2. The van der Waals surface area contributed by atoms with E-state index in [-0.39, 0.29) is 36.5 Å². The predicted molar refractivity (Wildman–Crippen MR) is 112 cm³/mol. The number of fused-ring (bicyclic) bond motifs is 1. The van der Waals surface area contributed by atoms with Gasteiger partial charge in [-0.1, -0.05) is 36.2 Å². The van der Waals surface area contributed by atoms with E-state index in [1.807, 2.05) is 11.8 Å². The SMILES string of the molecule is Cc1ccc(CC(CO)CNC(=O)CCCCC2SCC3NC(=O)NC32)cc1. The van der Waals surface area contributed by atoms with Crippen LogP contribution in [0.25, 0.3) is 0 Å². The van der Waals surface area contributed by atoms with Crippen LogP contribution in [0.3, 0.4) is 0 Å². The molecule has 0 aliphatic carbocycles. The van der Waals surface area contributed by atoms with Crippen molar-refractivity contribution in [2.24, 2.45) is 5.92 Å². The third-order valence-electron chi connectivity index (χ3n) is 5.57.